The van der Waals surface area contributed by atoms with Gasteiger partial charge in [0.25, 0.3) is 10.1 Å². The van der Waals surface area contributed by atoms with Gasteiger partial charge in [-0.05, 0) is 61.7 Å². The van der Waals surface area contributed by atoms with Gasteiger partial charge in [-0.2, -0.15) is 34.8 Å². The van der Waals surface area contributed by atoms with Gasteiger partial charge in [0.05, 0.1) is 6.42 Å². The van der Waals surface area contributed by atoms with E-state index in [1.165, 1.54) is 0 Å². The van der Waals surface area contributed by atoms with E-state index in [1.54, 1.807) is 0 Å². The van der Waals surface area contributed by atoms with Crippen molar-refractivity contribution < 1.29 is 48.8 Å². The van der Waals surface area contributed by atoms with Crippen LogP contribution in [0, 0.1) is 23.2 Å². The number of carbonyl (C=O) groups is 1. The third-order valence-electron chi connectivity index (χ3n) is 6.27. The average Bonchev–Trinajstić information content (AvgIpc) is 2.39. The number of alkyl halides is 6. The van der Waals surface area contributed by atoms with Gasteiger partial charge in [0, 0.05) is 0 Å². The molecule has 12 heteroatoms. The molecule has 4 aliphatic rings. The van der Waals surface area contributed by atoms with Crippen LogP contribution in [0.3, 0.4) is 0 Å². The summed E-state index contributed by atoms with van der Waals surface area (Å²) in [6.07, 6.45) is -8.72. The van der Waals surface area contributed by atoms with Gasteiger partial charge in [-0.1, -0.05) is 0 Å². The number of hydrogen-bond donors (Lipinski definition) is 1. The SMILES string of the molecule is O=C(CC12CC3CC(CC(C3)C1)C2)OC(CS(=O)(=O)O)(C(F)(F)F)C(F)(F)F. The summed E-state index contributed by atoms with van der Waals surface area (Å²) >= 11 is 0. The number of esters is 1. The average molecular weight is 438 g/mol. The minimum atomic E-state index is -6.28. The normalized spacial score (nSPS) is 33.2. The first-order valence-electron chi connectivity index (χ1n) is 8.85. The molecule has 4 saturated carbocycles. The molecular weight excluding hydrogens is 418 g/mol. The number of rotatable bonds is 5. The third-order valence-corrected chi connectivity index (χ3v) is 7.05. The summed E-state index contributed by atoms with van der Waals surface area (Å²) in [4.78, 5) is 12.2. The summed E-state index contributed by atoms with van der Waals surface area (Å²) in [5.74, 6) is -3.69. The zero-order valence-corrected chi connectivity index (χ0v) is 15.5. The molecule has 1 N–H and O–H groups in total. The Bertz CT molecular complexity index is 692. The van der Waals surface area contributed by atoms with Gasteiger partial charge in [0.1, 0.15) is 5.75 Å². The maximum Gasteiger partial charge on any atom is 0.438 e. The zero-order chi connectivity index (χ0) is 21.2. The van der Waals surface area contributed by atoms with Crippen LogP contribution in [-0.2, 0) is 19.6 Å². The highest BCUT2D eigenvalue weighted by atomic mass is 32.2. The standard InChI is InChI=1S/C16H20F6O5S/c17-15(18,19)14(16(20,21)22,8-28(24,25)26)27-12(23)7-13-4-9-1-10(5-13)3-11(2-9)6-13/h9-11H,1-8H2,(H,24,25,26). The van der Waals surface area contributed by atoms with Gasteiger partial charge in [0.2, 0.25) is 0 Å². The first-order valence-corrected chi connectivity index (χ1v) is 10.5. The molecule has 0 spiro atoms. The van der Waals surface area contributed by atoms with E-state index in [0.717, 1.165) is 19.3 Å². The Hall–Kier alpha value is -1.04. The topological polar surface area (TPSA) is 80.7 Å². The fraction of sp³-hybridized carbons (Fsp3) is 0.938. The molecule has 0 heterocycles. The van der Waals surface area contributed by atoms with Crippen molar-refractivity contribution >= 4 is 16.1 Å². The molecule has 4 aliphatic carbocycles. The van der Waals surface area contributed by atoms with Gasteiger partial charge in [-0.25, -0.2) is 0 Å². The molecule has 0 saturated heterocycles. The second-order valence-corrected chi connectivity index (χ2v) is 10.1. The quantitative estimate of drug-likeness (QED) is 0.400. The van der Waals surface area contributed by atoms with Crippen molar-refractivity contribution in [3.63, 3.8) is 0 Å². The van der Waals surface area contributed by atoms with Gasteiger partial charge >= 0.3 is 23.9 Å². The van der Waals surface area contributed by atoms with E-state index < -0.39 is 51.6 Å². The second kappa shape index (κ2) is 6.48. The number of carbonyl (C=O) groups excluding carboxylic acids is 1. The molecule has 0 atom stereocenters. The monoisotopic (exact) mass is 438 g/mol. The van der Waals surface area contributed by atoms with E-state index in [2.05, 4.69) is 4.74 Å². The highest BCUT2D eigenvalue weighted by Gasteiger charge is 2.76. The van der Waals surface area contributed by atoms with E-state index in [9.17, 15) is 39.6 Å². The molecule has 0 aromatic heterocycles. The largest absolute Gasteiger partial charge is 0.438 e. The fourth-order valence-corrected chi connectivity index (χ4v) is 6.67. The Morgan fingerprint density at radius 3 is 1.64 bits per heavy atom. The van der Waals surface area contributed by atoms with Crippen LogP contribution < -0.4 is 0 Å². The first kappa shape index (κ1) is 21.7. The second-order valence-electron chi connectivity index (χ2n) is 8.62. The van der Waals surface area contributed by atoms with Crippen LogP contribution in [0.5, 0.6) is 0 Å². The summed E-state index contributed by atoms with van der Waals surface area (Å²) in [6, 6.07) is 0. The van der Waals surface area contributed by atoms with E-state index in [4.69, 9.17) is 4.55 Å². The Labute approximate surface area is 157 Å². The van der Waals surface area contributed by atoms with Crippen molar-refractivity contribution in [3.05, 3.63) is 0 Å². The minimum Gasteiger partial charge on any atom is -0.438 e. The predicted molar refractivity (Wildman–Crippen MR) is 82.6 cm³/mol. The summed E-state index contributed by atoms with van der Waals surface area (Å²) in [6.45, 7) is 0. The predicted octanol–water partition coefficient (Wildman–Crippen LogP) is 3.89. The lowest BCUT2D eigenvalue weighted by Crippen LogP contribution is -2.63. The van der Waals surface area contributed by atoms with Gasteiger partial charge in [-0.15, -0.1) is 0 Å². The summed E-state index contributed by atoms with van der Waals surface area (Å²) < 4.78 is 114. The Morgan fingerprint density at radius 2 is 1.32 bits per heavy atom. The van der Waals surface area contributed by atoms with Crippen LogP contribution in [0.15, 0.2) is 0 Å². The van der Waals surface area contributed by atoms with Crippen molar-refractivity contribution in [2.24, 2.45) is 23.2 Å². The van der Waals surface area contributed by atoms with Gasteiger partial charge in [0.15, 0.2) is 0 Å². The van der Waals surface area contributed by atoms with Crippen LogP contribution in [0.4, 0.5) is 26.3 Å². The molecule has 0 amide bonds. The van der Waals surface area contributed by atoms with Crippen molar-refractivity contribution in [3.8, 4) is 0 Å². The van der Waals surface area contributed by atoms with Crippen molar-refractivity contribution in [2.45, 2.75) is 62.9 Å². The summed E-state index contributed by atoms with van der Waals surface area (Å²) in [5, 5.41) is 0. The molecule has 0 radical (unpaired) electrons. The molecule has 0 aromatic carbocycles. The zero-order valence-electron chi connectivity index (χ0n) is 14.6. The summed E-state index contributed by atoms with van der Waals surface area (Å²) in [7, 11) is -5.76. The highest BCUT2D eigenvalue weighted by Crippen LogP contribution is 2.61. The highest BCUT2D eigenvalue weighted by molar-refractivity contribution is 7.85. The van der Waals surface area contributed by atoms with Gasteiger partial charge in [-0.3, -0.25) is 9.35 Å². The van der Waals surface area contributed by atoms with Crippen LogP contribution in [0.25, 0.3) is 0 Å². The molecule has 28 heavy (non-hydrogen) atoms. The maximum atomic E-state index is 13.3. The first-order chi connectivity index (χ1) is 12.5. The Morgan fingerprint density at radius 1 is 0.929 bits per heavy atom. The van der Waals surface area contributed by atoms with Crippen LogP contribution in [0.1, 0.15) is 44.9 Å². The lowest BCUT2D eigenvalue weighted by Gasteiger charge is -2.56. The molecular formula is C16H20F6O5S. The molecule has 5 nitrogen and oxygen atoms in total. The van der Waals surface area contributed by atoms with Crippen molar-refractivity contribution in [1.82, 2.24) is 0 Å². The molecule has 0 aliphatic heterocycles. The van der Waals surface area contributed by atoms with Crippen LogP contribution in [0.2, 0.25) is 0 Å². The minimum absolute atomic E-state index is 0.298. The maximum absolute atomic E-state index is 13.3. The number of hydrogen-bond acceptors (Lipinski definition) is 4. The lowest BCUT2D eigenvalue weighted by atomic mass is 9.49. The van der Waals surface area contributed by atoms with Crippen LogP contribution >= 0.6 is 0 Å². The Balaban J connectivity index is 1.85. The van der Waals surface area contributed by atoms with E-state index in [1.807, 2.05) is 0 Å². The molecule has 4 bridgehead atoms. The fourth-order valence-electron chi connectivity index (χ4n) is 5.77. The van der Waals surface area contributed by atoms with E-state index in [-0.39, 0.29) is 0 Å². The van der Waals surface area contributed by atoms with E-state index >= 15 is 0 Å². The molecule has 0 aromatic rings. The number of ether oxygens (including phenoxy) is 1. The van der Waals surface area contributed by atoms with E-state index in [0.29, 0.717) is 37.0 Å². The van der Waals surface area contributed by atoms with Gasteiger partial charge < -0.3 is 4.74 Å². The van der Waals surface area contributed by atoms with Crippen molar-refractivity contribution in [1.29, 1.82) is 0 Å². The molecule has 4 fully saturated rings. The smallest absolute Gasteiger partial charge is 0.438 e. The third kappa shape index (κ3) is 3.99. The lowest BCUT2D eigenvalue weighted by molar-refractivity contribution is -0.362. The number of halogens is 6. The van der Waals surface area contributed by atoms with Crippen LogP contribution in [-0.4, -0.2) is 42.6 Å². The van der Waals surface area contributed by atoms with Crippen molar-refractivity contribution in [2.75, 3.05) is 5.75 Å². The molecule has 162 valence electrons. The Kier molecular flexibility index (Phi) is 5.01. The molecule has 4 rings (SSSR count). The summed E-state index contributed by atoms with van der Waals surface area (Å²) in [5.41, 5.74) is -6.01. The molecule has 0 unspecified atom stereocenters.